The van der Waals surface area contributed by atoms with Crippen molar-refractivity contribution in [1.82, 2.24) is 5.32 Å². The van der Waals surface area contributed by atoms with Crippen molar-refractivity contribution in [2.75, 3.05) is 6.54 Å². The second kappa shape index (κ2) is 7.80. The van der Waals surface area contributed by atoms with Gasteiger partial charge < -0.3 is 5.32 Å². The molecular weight excluding hydrogens is 298 g/mol. The van der Waals surface area contributed by atoms with Crippen LogP contribution < -0.4 is 5.32 Å². The van der Waals surface area contributed by atoms with Crippen molar-refractivity contribution in [1.29, 1.82) is 0 Å². The maximum atomic E-state index is 12.1. The normalized spacial score (nSPS) is 10.6. The quantitative estimate of drug-likeness (QED) is 0.672. The van der Waals surface area contributed by atoms with Gasteiger partial charge in [0.1, 0.15) is 8.07 Å². The fraction of sp³-hybridized carbons (Fsp3) is 0.250. The lowest BCUT2D eigenvalue weighted by atomic mass is 10.1. The van der Waals surface area contributed by atoms with Crippen LogP contribution in [0.1, 0.15) is 21.5 Å². The first kappa shape index (κ1) is 17.0. The smallest absolute Gasteiger partial charge is 0.251 e. The Labute approximate surface area is 139 Å². The third-order valence-electron chi connectivity index (χ3n) is 3.27. The first-order valence-corrected chi connectivity index (χ1v) is 11.4. The van der Waals surface area contributed by atoms with E-state index in [0.717, 1.165) is 12.0 Å². The van der Waals surface area contributed by atoms with Crippen molar-refractivity contribution < 1.29 is 4.79 Å². The van der Waals surface area contributed by atoms with Crippen molar-refractivity contribution in [3.05, 3.63) is 71.3 Å². The Hall–Kier alpha value is -2.31. The van der Waals surface area contributed by atoms with E-state index in [-0.39, 0.29) is 5.91 Å². The fourth-order valence-corrected chi connectivity index (χ4v) is 2.55. The highest BCUT2D eigenvalue weighted by Gasteiger charge is 2.08. The van der Waals surface area contributed by atoms with Crippen molar-refractivity contribution in [2.24, 2.45) is 0 Å². The zero-order valence-corrected chi connectivity index (χ0v) is 15.0. The third kappa shape index (κ3) is 6.13. The first-order chi connectivity index (χ1) is 10.9. The van der Waals surface area contributed by atoms with E-state index in [4.69, 9.17) is 0 Å². The van der Waals surface area contributed by atoms with E-state index in [9.17, 15) is 4.79 Å². The molecule has 0 radical (unpaired) electrons. The maximum Gasteiger partial charge on any atom is 0.251 e. The summed E-state index contributed by atoms with van der Waals surface area (Å²) in [5, 5.41) is 2.96. The molecule has 118 valence electrons. The summed E-state index contributed by atoms with van der Waals surface area (Å²) in [6.07, 6.45) is 0.840. The molecule has 3 heteroatoms. The lowest BCUT2D eigenvalue weighted by molar-refractivity contribution is 0.0954. The summed E-state index contributed by atoms with van der Waals surface area (Å²) >= 11 is 0. The summed E-state index contributed by atoms with van der Waals surface area (Å²) in [6.45, 7) is 7.29. The second-order valence-corrected chi connectivity index (χ2v) is 11.3. The van der Waals surface area contributed by atoms with Crippen LogP contribution in [-0.4, -0.2) is 20.5 Å². The summed E-state index contributed by atoms with van der Waals surface area (Å²) in [6, 6.07) is 17.7. The molecule has 0 aromatic heterocycles. The summed E-state index contributed by atoms with van der Waals surface area (Å²) < 4.78 is 0. The SMILES string of the molecule is C[Si](C)(C)C#Cc1ccc(C(=O)NCCc2ccccc2)cc1. The molecule has 0 aliphatic heterocycles. The Kier molecular flexibility index (Phi) is 5.78. The van der Waals surface area contributed by atoms with Gasteiger partial charge in [-0.05, 0) is 36.2 Å². The Bertz CT molecular complexity index is 703. The molecule has 0 spiro atoms. The molecule has 0 aliphatic carbocycles. The average molecular weight is 321 g/mol. The Morgan fingerprint density at radius 3 is 2.26 bits per heavy atom. The van der Waals surface area contributed by atoms with Crippen molar-refractivity contribution in [3.63, 3.8) is 0 Å². The zero-order chi connectivity index (χ0) is 16.7. The maximum absolute atomic E-state index is 12.1. The van der Waals surface area contributed by atoms with Gasteiger partial charge in [-0.1, -0.05) is 55.9 Å². The van der Waals surface area contributed by atoms with Gasteiger partial charge in [0.25, 0.3) is 5.91 Å². The Morgan fingerprint density at radius 2 is 1.65 bits per heavy atom. The van der Waals surface area contributed by atoms with Gasteiger partial charge in [-0.3, -0.25) is 4.79 Å². The number of hydrogen-bond acceptors (Lipinski definition) is 1. The number of carbonyl (C=O) groups excluding carboxylic acids is 1. The number of carbonyl (C=O) groups is 1. The predicted molar refractivity (Wildman–Crippen MR) is 99.1 cm³/mol. The van der Waals surface area contributed by atoms with Crippen molar-refractivity contribution in [3.8, 4) is 11.5 Å². The molecule has 1 amide bonds. The van der Waals surface area contributed by atoms with E-state index in [1.165, 1.54) is 5.56 Å². The van der Waals surface area contributed by atoms with Crippen LogP contribution in [0.3, 0.4) is 0 Å². The molecule has 2 aromatic carbocycles. The highest BCUT2D eigenvalue weighted by molar-refractivity contribution is 6.83. The number of hydrogen-bond donors (Lipinski definition) is 1. The van der Waals surface area contributed by atoms with Gasteiger partial charge in [-0.2, -0.15) is 0 Å². The number of rotatable bonds is 4. The Balaban J connectivity index is 1.88. The van der Waals surface area contributed by atoms with E-state index in [1.54, 1.807) is 0 Å². The second-order valence-electron chi connectivity index (χ2n) is 6.57. The van der Waals surface area contributed by atoms with E-state index in [1.807, 2.05) is 42.5 Å². The van der Waals surface area contributed by atoms with Gasteiger partial charge in [-0.15, -0.1) is 5.54 Å². The van der Waals surface area contributed by atoms with Crippen LogP contribution in [0.4, 0.5) is 0 Å². The molecule has 0 bridgehead atoms. The molecule has 2 nitrogen and oxygen atoms in total. The minimum Gasteiger partial charge on any atom is -0.352 e. The molecule has 2 rings (SSSR count). The van der Waals surface area contributed by atoms with Crippen molar-refractivity contribution in [2.45, 2.75) is 26.1 Å². The first-order valence-electron chi connectivity index (χ1n) is 7.89. The highest BCUT2D eigenvalue weighted by atomic mass is 28.3. The molecule has 0 atom stereocenters. The molecule has 0 saturated heterocycles. The molecular formula is C20H23NOSi. The van der Waals surface area contributed by atoms with E-state index in [2.05, 4.69) is 48.6 Å². The van der Waals surface area contributed by atoms with Crippen LogP contribution in [0.25, 0.3) is 0 Å². The predicted octanol–water partition coefficient (Wildman–Crippen LogP) is 3.89. The molecule has 0 aliphatic rings. The van der Waals surface area contributed by atoms with Crippen LogP contribution in [0, 0.1) is 11.5 Å². The van der Waals surface area contributed by atoms with Crippen LogP contribution in [0.2, 0.25) is 19.6 Å². The van der Waals surface area contributed by atoms with Gasteiger partial charge in [0.2, 0.25) is 0 Å². The molecule has 0 fully saturated rings. The van der Waals surface area contributed by atoms with Crippen LogP contribution in [-0.2, 0) is 6.42 Å². The van der Waals surface area contributed by atoms with Crippen LogP contribution in [0.15, 0.2) is 54.6 Å². The number of amides is 1. The monoisotopic (exact) mass is 321 g/mol. The average Bonchev–Trinajstić information content (AvgIpc) is 2.54. The topological polar surface area (TPSA) is 29.1 Å². The highest BCUT2D eigenvalue weighted by Crippen LogP contribution is 2.05. The summed E-state index contributed by atoms with van der Waals surface area (Å²) in [7, 11) is -1.37. The van der Waals surface area contributed by atoms with E-state index >= 15 is 0 Å². The van der Waals surface area contributed by atoms with Gasteiger partial charge in [0, 0.05) is 17.7 Å². The van der Waals surface area contributed by atoms with E-state index in [0.29, 0.717) is 12.1 Å². The summed E-state index contributed by atoms with van der Waals surface area (Å²) in [5.74, 6) is 3.16. The van der Waals surface area contributed by atoms with Gasteiger partial charge in [0.15, 0.2) is 0 Å². The third-order valence-corrected chi connectivity index (χ3v) is 4.15. The van der Waals surface area contributed by atoms with Gasteiger partial charge >= 0.3 is 0 Å². The minimum atomic E-state index is -1.37. The van der Waals surface area contributed by atoms with Gasteiger partial charge in [0.05, 0.1) is 0 Å². The lowest BCUT2D eigenvalue weighted by Crippen LogP contribution is -2.25. The number of benzene rings is 2. The molecule has 0 unspecified atom stereocenters. The number of nitrogens with one attached hydrogen (secondary N) is 1. The summed E-state index contributed by atoms with van der Waals surface area (Å²) in [5.41, 5.74) is 6.20. The molecule has 0 saturated carbocycles. The lowest BCUT2D eigenvalue weighted by Gasteiger charge is -2.06. The fourth-order valence-electron chi connectivity index (χ4n) is 2.03. The standard InChI is InChI=1S/C20H23NOSi/c1-23(2,3)16-14-18-9-11-19(12-10-18)20(22)21-15-13-17-7-5-4-6-8-17/h4-12H,13,15H2,1-3H3,(H,21,22). The molecule has 23 heavy (non-hydrogen) atoms. The minimum absolute atomic E-state index is 0.0364. The van der Waals surface area contributed by atoms with Crippen molar-refractivity contribution >= 4 is 14.0 Å². The van der Waals surface area contributed by atoms with Crippen LogP contribution in [0.5, 0.6) is 0 Å². The van der Waals surface area contributed by atoms with Gasteiger partial charge in [-0.25, -0.2) is 0 Å². The molecule has 2 aromatic rings. The molecule has 1 N–H and O–H groups in total. The van der Waals surface area contributed by atoms with E-state index < -0.39 is 8.07 Å². The molecule has 0 heterocycles. The summed E-state index contributed by atoms with van der Waals surface area (Å²) in [4.78, 5) is 12.1. The zero-order valence-electron chi connectivity index (χ0n) is 14.0. The largest absolute Gasteiger partial charge is 0.352 e. The Morgan fingerprint density at radius 1 is 1.00 bits per heavy atom. The van der Waals surface area contributed by atoms with Crippen LogP contribution >= 0.6 is 0 Å².